The molecule has 144 valence electrons. The highest BCUT2D eigenvalue weighted by atomic mass is 32.2. The van der Waals surface area contributed by atoms with Crippen molar-refractivity contribution in [1.82, 2.24) is 9.99 Å². The van der Waals surface area contributed by atoms with Gasteiger partial charge >= 0.3 is 5.97 Å². The summed E-state index contributed by atoms with van der Waals surface area (Å²) < 4.78 is 17.1. The maximum atomic E-state index is 15.5. The van der Waals surface area contributed by atoms with Gasteiger partial charge in [-0.1, -0.05) is 11.8 Å². The van der Waals surface area contributed by atoms with Gasteiger partial charge < -0.3 is 25.8 Å². The molecule has 0 unspecified atom stereocenters. The summed E-state index contributed by atoms with van der Waals surface area (Å²) in [5.41, 5.74) is 1.78. The number of anilines is 2. The van der Waals surface area contributed by atoms with Crippen molar-refractivity contribution in [2.45, 2.75) is 4.90 Å². The number of pyridine rings is 1. The van der Waals surface area contributed by atoms with E-state index >= 15 is 4.39 Å². The number of carboxylic acids is 1. The number of carbonyl (C=O) groups is 1. The molecule has 1 aromatic heterocycles. The Morgan fingerprint density at radius 3 is 2.74 bits per heavy atom. The van der Waals surface area contributed by atoms with Gasteiger partial charge in [0.15, 0.2) is 5.82 Å². The van der Waals surface area contributed by atoms with E-state index in [0.29, 0.717) is 35.1 Å². The van der Waals surface area contributed by atoms with Crippen molar-refractivity contribution < 1.29 is 14.3 Å². The van der Waals surface area contributed by atoms with E-state index in [4.69, 9.17) is 5.84 Å². The molecule has 3 heterocycles. The number of thioether (sulfide) groups is 1. The third-order valence-electron chi connectivity index (χ3n) is 4.87. The molecule has 0 spiro atoms. The molecule has 0 aliphatic carbocycles. The van der Waals surface area contributed by atoms with E-state index in [1.54, 1.807) is 16.7 Å². The summed E-state index contributed by atoms with van der Waals surface area (Å²) in [5.74, 6) is 4.05. The van der Waals surface area contributed by atoms with Crippen molar-refractivity contribution in [3.05, 3.63) is 27.8 Å². The van der Waals surface area contributed by atoms with Crippen LogP contribution in [0.5, 0.6) is 0 Å². The van der Waals surface area contributed by atoms with Crippen LogP contribution >= 0.6 is 11.8 Å². The quantitative estimate of drug-likeness (QED) is 0.427. The molecule has 1 fully saturated rings. The molecule has 2 aromatic rings. The number of rotatable bonds is 3. The zero-order chi connectivity index (χ0) is 19.3. The van der Waals surface area contributed by atoms with Crippen molar-refractivity contribution in [2.24, 2.45) is 5.84 Å². The highest BCUT2D eigenvalue weighted by Gasteiger charge is 2.32. The Labute approximate surface area is 157 Å². The third kappa shape index (κ3) is 2.61. The van der Waals surface area contributed by atoms with Gasteiger partial charge in [-0.25, -0.2) is 9.18 Å². The Morgan fingerprint density at radius 2 is 2.11 bits per heavy atom. The predicted octanol–water partition coefficient (Wildman–Crippen LogP) is 0.165. The zero-order valence-electron chi connectivity index (χ0n) is 14.6. The minimum absolute atomic E-state index is 0.0529. The Balaban J connectivity index is 2.15. The Hall–Kier alpha value is -2.50. The van der Waals surface area contributed by atoms with E-state index in [9.17, 15) is 14.7 Å². The molecular weight excluding hydrogens is 375 g/mol. The fourth-order valence-corrected chi connectivity index (χ4v) is 4.70. The maximum absolute atomic E-state index is 15.5. The number of aromatic nitrogens is 1. The van der Waals surface area contributed by atoms with Crippen LogP contribution in [0.15, 0.2) is 15.9 Å². The number of carboxylic acid groups (broad SMARTS) is 1. The van der Waals surface area contributed by atoms with Crippen LogP contribution < -0.4 is 31.9 Å². The Morgan fingerprint density at radius 1 is 1.41 bits per heavy atom. The van der Waals surface area contributed by atoms with Crippen molar-refractivity contribution in [2.75, 3.05) is 54.4 Å². The summed E-state index contributed by atoms with van der Waals surface area (Å²) in [6, 6.07) is 0. The lowest BCUT2D eigenvalue weighted by Gasteiger charge is -2.36. The van der Waals surface area contributed by atoms with Crippen molar-refractivity contribution in [3.63, 3.8) is 0 Å². The summed E-state index contributed by atoms with van der Waals surface area (Å²) >= 11 is 1.41. The van der Waals surface area contributed by atoms with Crippen LogP contribution in [0.1, 0.15) is 10.4 Å². The van der Waals surface area contributed by atoms with E-state index in [1.807, 2.05) is 4.90 Å². The number of hydrazine groups is 1. The van der Waals surface area contributed by atoms with Crippen LogP contribution in [0, 0.1) is 5.82 Å². The molecule has 1 aromatic carbocycles. The van der Waals surface area contributed by atoms with Gasteiger partial charge in [0.1, 0.15) is 11.3 Å². The summed E-state index contributed by atoms with van der Waals surface area (Å²) in [6.45, 7) is 2.68. The first kappa shape index (κ1) is 17.9. The number of nitrogens with zero attached hydrogens (tertiary/aromatic N) is 3. The van der Waals surface area contributed by atoms with Gasteiger partial charge in [0.2, 0.25) is 5.43 Å². The second-order valence-electron chi connectivity index (χ2n) is 6.42. The van der Waals surface area contributed by atoms with Crippen molar-refractivity contribution in [3.8, 4) is 0 Å². The highest BCUT2D eigenvalue weighted by molar-refractivity contribution is 7.99. The Kier molecular flexibility index (Phi) is 4.36. The smallest absolute Gasteiger partial charge is 0.341 e. The first-order valence-electron chi connectivity index (χ1n) is 8.40. The zero-order valence-corrected chi connectivity index (χ0v) is 15.4. The highest BCUT2D eigenvalue weighted by Crippen LogP contribution is 2.44. The number of hydrogen-bond acceptors (Lipinski definition) is 8. The number of nitrogen functional groups attached to an aromatic ring is 1. The predicted molar refractivity (Wildman–Crippen MR) is 103 cm³/mol. The summed E-state index contributed by atoms with van der Waals surface area (Å²) in [4.78, 5) is 26.9. The molecule has 1 saturated heterocycles. The minimum atomic E-state index is -1.37. The van der Waals surface area contributed by atoms with E-state index in [0.717, 1.165) is 13.1 Å². The molecule has 11 heteroatoms. The molecular formula is C16H19FN6O3S. The van der Waals surface area contributed by atoms with Gasteiger partial charge in [-0.15, -0.1) is 0 Å². The number of hydrogen-bond donors (Lipinski definition) is 4. The lowest BCUT2D eigenvalue weighted by atomic mass is 10.1. The molecule has 0 amide bonds. The first-order chi connectivity index (χ1) is 13.0. The maximum Gasteiger partial charge on any atom is 0.341 e. The van der Waals surface area contributed by atoms with Crippen LogP contribution in [0.2, 0.25) is 0 Å². The van der Waals surface area contributed by atoms with Gasteiger partial charge in [-0.2, -0.15) is 0 Å². The van der Waals surface area contributed by atoms with E-state index < -0.39 is 22.8 Å². The van der Waals surface area contributed by atoms with Crippen LogP contribution in [-0.2, 0) is 0 Å². The molecule has 4 rings (SSSR count). The first-order valence-corrected chi connectivity index (χ1v) is 9.39. The summed E-state index contributed by atoms with van der Waals surface area (Å²) in [7, 11) is 1.77. The summed E-state index contributed by atoms with van der Waals surface area (Å²) in [5, 5.41) is 14.4. The van der Waals surface area contributed by atoms with Gasteiger partial charge in [0.25, 0.3) is 0 Å². The molecule has 5 N–H and O–H groups in total. The van der Waals surface area contributed by atoms with Crippen LogP contribution in [0.4, 0.5) is 15.8 Å². The summed E-state index contributed by atoms with van der Waals surface area (Å²) in [6.07, 6.45) is 1.29. The standard InChI is InChI=1S/C16H19FN6O3S/c1-21-7-27-15-12-9(14(24)8(16(25)26)6-23(12)21)11(20-18)10(17)13(15)22-4-2-19-3-5-22/h6,19-20H,2-5,7,18H2,1H3,(H,25,26). The fraction of sp³-hybridized carbons (Fsp3) is 0.375. The lowest BCUT2D eigenvalue weighted by molar-refractivity contribution is 0.0695. The monoisotopic (exact) mass is 394 g/mol. The van der Waals surface area contributed by atoms with Gasteiger partial charge in [-0.3, -0.25) is 15.3 Å². The fourth-order valence-electron chi connectivity index (χ4n) is 3.58. The molecule has 9 nitrogen and oxygen atoms in total. The average molecular weight is 394 g/mol. The molecule has 0 atom stereocenters. The SMILES string of the molecule is CN1CSc2c(N3CCNCC3)c(F)c(NN)c3c(=O)c(C(=O)O)cn1c23. The third-order valence-corrected chi connectivity index (χ3v) is 6.05. The molecule has 2 aliphatic rings. The minimum Gasteiger partial charge on any atom is -0.477 e. The molecule has 0 radical (unpaired) electrons. The van der Waals surface area contributed by atoms with Crippen LogP contribution in [-0.4, -0.2) is 54.9 Å². The largest absolute Gasteiger partial charge is 0.477 e. The number of nitrogens with two attached hydrogens (primary N) is 1. The van der Waals surface area contributed by atoms with E-state index in [1.165, 1.54) is 18.0 Å². The average Bonchev–Trinajstić information content (AvgIpc) is 2.66. The number of halogens is 1. The lowest BCUT2D eigenvalue weighted by Crippen LogP contribution is -2.45. The number of aromatic carboxylic acids is 1. The number of benzene rings is 1. The molecule has 0 bridgehead atoms. The van der Waals surface area contributed by atoms with Gasteiger partial charge in [0, 0.05) is 39.4 Å². The van der Waals surface area contributed by atoms with Gasteiger partial charge in [-0.05, 0) is 0 Å². The molecule has 2 aliphatic heterocycles. The normalized spacial score (nSPS) is 16.7. The van der Waals surface area contributed by atoms with E-state index in [-0.39, 0.29) is 11.1 Å². The molecule has 27 heavy (non-hydrogen) atoms. The van der Waals surface area contributed by atoms with Gasteiger partial charge in [0.05, 0.1) is 27.4 Å². The van der Waals surface area contributed by atoms with E-state index in [2.05, 4.69) is 10.7 Å². The van der Waals surface area contributed by atoms with Crippen molar-refractivity contribution >= 4 is 40.0 Å². The topological polar surface area (TPSA) is 116 Å². The Bertz CT molecular complexity index is 1000. The number of nitrogens with one attached hydrogen (secondary N) is 2. The van der Waals surface area contributed by atoms with Crippen LogP contribution in [0.25, 0.3) is 10.9 Å². The second kappa shape index (κ2) is 6.59. The van der Waals surface area contributed by atoms with Crippen LogP contribution in [0.3, 0.4) is 0 Å². The molecule has 0 saturated carbocycles. The number of piperazine rings is 1. The second-order valence-corrected chi connectivity index (χ2v) is 7.38. The van der Waals surface area contributed by atoms with Crippen molar-refractivity contribution in [1.29, 1.82) is 0 Å².